The van der Waals surface area contributed by atoms with Crippen LogP contribution in [0.5, 0.6) is 0 Å². The Bertz CT molecular complexity index is 857. The number of nitrogens with zero attached hydrogens (tertiary/aromatic N) is 3. The van der Waals surface area contributed by atoms with Gasteiger partial charge in [-0.3, -0.25) is 9.80 Å². The number of amides is 4. The molecule has 1 saturated heterocycles. The highest BCUT2D eigenvalue weighted by Crippen LogP contribution is 2.31. The van der Waals surface area contributed by atoms with E-state index in [4.69, 9.17) is 4.74 Å². The van der Waals surface area contributed by atoms with Crippen LogP contribution in [0.1, 0.15) is 31.9 Å². The minimum Gasteiger partial charge on any atom is -0.463 e. The molecule has 0 unspecified atom stereocenters. The predicted molar refractivity (Wildman–Crippen MR) is 121 cm³/mol. The Hall–Kier alpha value is -3.07. The molecule has 0 aromatic heterocycles. The van der Waals surface area contributed by atoms with Crippen LogP contribution in [0.15, 0.2) is 41.6 Å². The van der Waals surface area contributed by atoms with Crippen molar-refractivity contribution in [3.63, 3.8) is 0 Å². The lowest BCUT2D eigenvalue weighted by Gasteiger charge is -2.36. The molecule has 0 aliphatic carbocycles. The van der Waals surface area contributed by atoms with Crippen molar-refractivity contribution in [3.8, 4) is 0 Å². The van der Waals surface area contributed by atoms with Crippen LogP contribution in [0.4, 0.5) is 9.59 Å². The Morgan fingerprint density at radius 3 is 2.56 bits per heavy atom. The highest BCUT2D eigenvalue weighted by molar-refractivity contribution is 5.95. The Kier molecular flexibility index (Phi) is 8.10. The van der Waals surface area contributed by atoms with Gasteiger partial charge < -0.3 is 20.3 Å². The molecule has 2 aliphatic rings. The summed E-state index contributed by atoms with van der Waals surface area (Å²) in [5.74, 6) is -0.429. The molecule has 0 radical (unpaired) electrons. The Morgan fingerprint density at radius 1 is 1.12 bits per heavy atom. The van der Waals surface area contributed by atoms with E-state index >= 15 is 0 Å². The zero-order valence-corrected chi connectivity index (χ0v) is 19.1. The Balaban J connectivity index is 1.89. The molecule has 0 bridgehead atoms. The predicted octanol–water partition coefficient (Wildman–Crippen LogP) is 1.94. The summed E-state index contributed by atoms with van der Waals surface area (Å²) in [6, 6.07) is 8.55. The van der Waals surface area contributed by atoms with Crippen LogP contribution in [0, 0.1) is 0 Å². The first kappa shape index (κ1) is 23.6. The van der Waals surface area contributed by atoms with Crippen molar-refractivity contribution < 1.29 is 19.1 Å². The van der Waals surface area contributed by atoms with Gasteiger partial charge in [-0.15, -0.1) is 0 Å². The SMILES string of the molecule is CCNC(=O)N1CCCN(CC2=C(C(=O)OCC)[C@H](c3ccccc3)NC(=O)N2C)CC1. The minimum absolute atomic E-state index is 0.0564. The molecule has 32 heavy (non-hydrogen) atoms. The van der Waals surface area contributed by atoms with E-state index in [1.54, 1.807) is 14.0 Å². The van der Waals surface area contributed by atoms with Gasteiger partial charge in [0.1, 0.15) is 0 Å². The van der Waals surface area contributed by atoms with Crippen molar-refractivity contribution >= 4 is 18.0 Å². The number of rotatable bonds is 6. The first-order valence-corrected chi connectivity index (χ1v) is 11.2. The number of ether oxygens (including phenoxy) is 1. The Labute approximate surface area is 189 Å². The van der Waals surface area contributed by atoms with E-state index in [0.717, 1.165) is 18.5 Å². The molecule has 2 N–H and O–H groups in total. The van der Waals surface area contributed by atoms with E-state index in [1.807, 2.05) is 42.2 Å². The van der Waals surface area contributed by atoms with Crippen molar-refractivity contribution in [2.75, 3.05) is 52.9 Å². The van der Waals surface area contributed by atoms with Crippen LogP contribution < -0.4 is 10.6 Å². The average molecular weight is 444 g/mol. The molecule has 2 heterocycles. The number of benzene rings is 1. The number of carbonyl (C=O) groups excluding carboxylic acids is 3. The van der Waals surface area contributed by atoms with Gasteiger partial charge in [0.25, 0.3) is 0 Å². The highest BCUT2D eigenvalue weighted by Gasteiger charge is 2.37. The second-order valence-corrected chi connectivity index (χ2v) is 7.89. The maximum absolute atomic E-state index is 13.0. The Morgan fingerprint density at radius 2 is 1.88 bits per heavy atom. The van der Waals surface area contributed by atoms with E-state index in [-0.39, 0.29) is 18.7 Å². The van der Waals surface area contributed by atoms with E-state index in [9.17, 15) is 14.4 Å². The smallest absolute Gasteiger partial charge is 0.338 e. The molecule has 0 spiro atoms. The summed E-state index contributed by atoms with van der Waals surface area (Å²) in [4.78, 5) is 43.5. The van der Waals surface area contributed by atoms with E-state index in [0.29, 0.717) is 44.0 Å². The summed E-state index contributed by atoms with van der Waals surface area (Å²) in [6.07, 6.45) is 0.817. The normalized spacial score (nSPS) is 20.0. The van der Waals surface area contributed by atoms with Crippen LogP contribution in [-0.4, -0.2) is 85.7 Å². The second-order valence-electron chi connectivity index (χ2n) is 7.89. The summed E-state index contributed by atoms with van der Waals surface area (Å²) in [5, 5.41) is 5.78. The molecule has 1 atom stereocenters. The number of esters is 1. The van der Waals surface area contributed by atoms with Crippen LogP contribution in [-0.2, 0) is 9.53 Å². The van der Waals surface area contributed by atoms with E-state index < -0.39 is 12.0 Å². The van der Waals surface area contributed by atoms with Crippen LogP contribution in [0.25, 0.3) is 0 Å². The van der Waals surface area contributed by atoms with Gasteiger partial charge in [-0.2, -0.15) is 0 Å². The number of carbonyl (C=O) groups is 3. The van der Waals surface area contributed by atoms with Gasteiger partial charge in [0.05, 0.1) is 18.2 Å². The molecular weight excluding hydrogens is 410 g/mol. The van der Waals surface area contributed by atoms with Gasteiger partial charge in [0, 0.05) is 52.0 Å². The number of urea groups is 2. The summed E-state index contributed by atoms with van der Waals surface area (Å²) < 4.78 is 5.38. The number of nitrogens with one attached hydrogen (secondary N) is 2. The fourth-order valence-electron chi connectivity index (χ4n) is 4.10. The van der Waals surface area contributed by atoms with Gasteiger partial charge in [-0.25, -0.2) is 14.4 Å². The van der Waals surface area contributed by atoms with Gasteiger partial charge >= 0.3 is 18.0 Å². The quantitative estimate of drug-likeness (QED) is 0.656. The molecule has 0 saturated carbocycles. The third kappa shape index (κ3) is 5.40. The molecule has 1 aromatic carbocycles. The fourth-order valence-corrected chi connectivity index (χ4v) is 4.10. The summed E-state index contributed by atoms with van der Waals surface area (Å²) >= 11 is 0. The molecule has 1 fully saturated rings. The molecule has 9 nitrogen and oxygen atoms in total. The average Bonchev–Trinajstić information content (AvgIpc) is 3.03. The third-order valence-electron chi connectivity index (χ3n) is 5.78. The first-order valence-electron chi connectivity index (χ1n) is 11.2. The molecular formula is C23H33N5O4. The molecule has 1 aromatic rings. The number of hydrogen-bond donors (Lipinski definition) is 2. The molecule has 4 amide bonds. The van der Waals surface area contributed by atoms with E-state index in [2.05, 4.69) is 15.5 Å². The zero-order valence-electron chi connectivity index (χ0n) is 19.1. The van der Waals surface area contributed by atoms with Crippen molar-refractivity contribution in [3.05, 3.63) is 47.2 Å². The van der Waals surface area contributed by atoms with Gasteiger partial charge in [0.2, 0.25) is 0 Å². The third-order valence-corrected chi connectivity index (χ3v) is 5.78. The highest BCUT2D eigenvalue weighted by atomic mass is 16.5. The van der Waals surface area contributed by atoms with Crippen LogP contribution in [0.2, 0.25) is 0 Å². The lowest BCUT2D eigenvalue weighted by molar-refractivity contribution is -0.139. The maximum atomic E-state index is 13.0. The number of likely N-dealkylation sites (N-methyl/N-ethyl adjacent to an activating group) is 1. The van der Waals surface area contributed by atoms with Crippen molar-refractivity contribution in [1.29, 1.82) is 0 Å². The molecule has 174 valence electrons. The molecule has 2 aliphatic heterocycles. The number of hydrogen-bond acceptors (Lipinski definition) is 5. The largest absolute Gasteiger partial charge is 0.463 e. The summed E-state index contributed by atoms with van der Waals surface area (Å²) in [6.45, 7) is 7.62. The lowest BCUT2D eigenvalue weighted by atomic mass is 9.94. The van der Waals surface area contributed by atoms with Crippen molar-refractivity contribution in [2.24, 2.45) is 0 Å². The topological polar surface area (TPSA) is 94.2 Å². The van der Waals surface area contributed by atoms with Gasteiger partial charge in [-0.05, 0) is 25.8 Å². The lowest BCUT2D eigenvalue weighted by Crippen LogP contribution is -2.49. The monoisotopic (exact) mass is 443 g/mol. The fraction of sp³-hybridized carbons (Fsp3) is 0.522. The first-order chi connectivity index (χ1) is 15.5. The van der Waals surface area contributed by atoms with Crippen molar-refractivity contribution in [2.45, 2.75) is 26.3 Å². The van der Waals surface area contributed by atoms with Crippen LogP contribution >= 0.6 is 0 Å². The standard InChI is InChI=1S/C23H33N5O4/c1-4-24-22(30)28-13-9-12-27(14-15-28)16-18-19(21(29)32-5-2)20(25-23(31)26(18)3)17-10-7-6-8-11-17/h6-8,10-11,20H,4-5,9,12-16H2,1-3H3,(H,24,30)(H,25,31)/t20-/m0/s1. The van der Waals surface area contributed by atoms with Crippen LogP contribution in [0.3, 0.4) is 0 Å². The maximum Gasteiger partial charge on any atom is 0.338 e. The zero-order chi connectivity index (χ0) is 23.1. The van der Waals surface area contributed by atoms with Crippen molar-refractivity contribution in [1.82, 2.24) is 25.3 Å². The molecule has 3 rings (SSSR count). The van der Waals surface area contributed by atoms with Gasteiger partial charge in [0.15, 0.2) is 0 Å². The van der Waals surface area contributed by atoms with Gasteiger partial charge in [-0.1, -0.05) is 30.3 Å². The second kappa shape index (κ2) is 11.0. The minimum atomic E-state index is -0.576. The summed E-state index contributed by atoms with van der Waals surface area (Å²) in [5.41, 5.74) is 1.91. The molecule has 9 heteroatoms. The van der Waals surface area contributed by atoms with E-state index in [1.165, 1.54) is 4.90 Å². The summed E-state index contributed by atoms with van der Waals surface area (Å²) in [7, 11) is 1.67.